The zero-order valence-corrected chi connectivity index (χ0v) is 17.4. The molecule has 0 aliphatic heterocycles. The van der Waals surface area contributed by atoms with Gasteiger partial charge in [-0.2, -0.15) is 9.09 Å². The van der Waals surface area contributed by atoms with Gasteiger partial charge in [0.05, 0.1) is 17.0 Å². The summed E-state index contributed by atoms with van der Waals surface area (Å²) in [5, 5.41) is -5.17. The molecule has 1 unspecified atom stereocenters. The molecule has 10 nitrogen and oxygen atoms in total. The van der Waals surface area contributed by atoms with Crippen LogP contribution in [0.3, 0.4) is 0 Å². The lowest BCUT2D eigenvalue weighted by Gasteiger charge is -2.31. The van der Waals surface area contributed by atoms with E-state index in [0.717, 1.165) is 5.69 Å². The zero-order chi connectivity index (χ0) is 21.3. The summed E-state index contributed by atoms with van der Waals surface area (Å²) in [6, 6.07) is 0. The van der Waals surface area contributed by atoms with Crippen molar-refractivity contribution in [3.63, 3.8) is 0 Å². The van der Waals surface area contributed by atoms with Gasteiger partial charge in [-0.05, 0) is 6.92 Å². The average Bonchev–Trinajstić information content (AvgIpc) is 2.89. The van der Waals surface area contributed by atoms with Crippen molar-refractivity contribution in [2.45, 2.75) is 32.2 Å². The Morgan fingerprint density at radius 3 is 2.54 bits per heavy atom. The van der Waals surface area contributed by atoms with Crippen molar-refractivity contribution in [1.82, 2.24) is 9.97 Å². The van der Waals surface area contributed by atoms with Crippen molar-refractivity contribution in [3.8, 4) is 0 Å². The highest BCUT2D eigenvalue weighted by Crippen LogP contribution is 2.77. The molecule has 2 rings (SSSR count). The van der Waals surface area contributed by atoms with Crippen LogP contribution in [0.25, 0.3) is 0 Å². The molecular formula is C13H19F2N4O6P2S+. The lowest BCUT2D eigenvalue weighted by atomic mass is 10.2. The van der Waals surface area contributed by atoms with Gasteiger partial charge in [0.2, 0.25) is 5.51 Å². The van der Waals surface area contributed by atoms with Gasteiger partial charge in [-0.3, -0.25) is 0 Å². The van der Waals surface area contributed by atoms with Crippen LogP contribution in [-0.2, 0) is 17.5 Å². The van der Waals surface area contributed by atoms with E-state index in [1.165, 1.54) is 11.3 Å². The molecule has 2 aromatic rings. The molecule has 0 aliphatic carbocycles. The van der Waals surface area contributed by atoms with Gasteiger partial charge >= 0.3 is 21.3 Å². The number of hydrogen-bond donors (Lipinski definition) is 4. The highest BCUT2D eigenvalue weighted by Gasteiger charge is 2.73. The Labute approximate surface area is 164 Å². The molecule has 5 N–H and O–H groups in total. The summed E-state index contributed by atoms with van der Waals surface area (Å²) in [6.45, 7) is 3.20. The van der Waals surface area contributed by atoms with E-state index in [-0.39, 0.29) is 6.42 Å². The molecule has 15 heteroatoms. The second-order valence-electron chi connectivity index (χ2n) is 5.84. The third kappa shape index (κ3) is 4.93. The van der Waals surface area contributed by atoms with E-state index in [9.17, 15) is 23.5 Å². The van der Waals surface area contributed by atoms with Crippen molar-refractivity contribution in [1.29, 1.82) is 0 Å². The largest absolute Gasteiger partial charge is 0.623 e. The number of anilines is 1. The number of rotatable bonds is 8. The van der Waals surface area contributed by atoms with E-state index >= 15 is 0 Å². The Balaban J connectivity index is 2.03. The molecule has 0 aromatic carbocycles. The van der Waals surface area contributed by atoms with Gasteiger partial charge in [0.25, 0.3) is 0 Å². The van der Waals surface area contributed by atoms with Crippen LogP contribution in [0, 0.1) is 13.8 Å². The Bertz CT molecular complexity index is 849. The number of nitrogen functional groups attached to an aromatic ring is 1. The Morgan fingerprint density at radius 1 is 1.32 bits per heavy atom. The predicted molar refractivity (Wildman–Crippen MR) is 94.6 cm³/mol. The number of thiazole rings is 1. The van der Waals surface area contributed by atoms with Crippen molar-refractivity contribution in [3.05, 3.63) is 33.7 Å². The Morgan fingerprint density at radius 2 is 1.96 bits per heavy atom. The van der Waals surface area contributed by atoms with Gasteiger partial charge in [0.1, 0.15) is 11.6 Å². The third-order valence-corrected chi connectivity index (χ3v) is 8.40. The minimum Gasteiger partial charge on any atom is -0.623 e. The number of aromatic nitrogens is 3. The summed E-state index contributed by atoms with van der Waals surface area (Å²) >= 11 is 1.26. The fourth-order valence-corrected chi connectivity index (χ4v) is 5.13. The molecule has 0 saturated carbocycles. The molecule has 2 heterocycles. The molecule has 28 heavy (non-hydrogen) atoms. The highest BCUT2D eigenvalue weighted by atomic mass is 32.1. The molecule has 0 bridgehead atoms. The Kier molecular flexibility index (Phi) is 6.97. The molecule has 0 fully saturated rings. The van der Waals surface area contributed by atoms with Crippen molar-refractivity contribution in [2.75, 3.05) is 12.3 Å². The van der Waals surface area contributed by atoms with Crippen molar-refractivity contribution < 1.29 is 42.3 Å². The molecule has 156 valence electrons. The number of halogens is 2. The molecular weight excluding hydrogens is 440 g/mol. The highest BCUT2D eigenvalue weighted by molar-refractivity contribution is 7.77. The number of nitrogens with two attached hydrogens (primary N) is 1. The molecule has 0 amide bonds. The maximum atomic E-state index is 13.4. The molecule has 1 atom stereocenters. The van der Waals surface area contributed by atoms with Crippen LogP contribution in [0.5, 0.6) is 0 Å². The quantitative estimate of drug-likeness (QED) is 0.297. The maximum Gasteiger partial charge on any atom is 0.556 e. The van der Waals surface area contributed by atoms with E-state index in [0.29, 0.717) is 28.6 Å². The van der Waals surface area contributed by atoms with E-state index in [2.05, 4.69) is 14.5 Å². The lowest BCUT2D eigenvalue weighted by Crippen LogP contribution is -2.38. The summed E-state index contributed by atoms with van der Waals surface area (Å²) < 4.78 is 32.9. The van der Waals surface area contributed by atoms with Gasteiger partial charge < -0.3 is 15.5 Å². The van der Waals surface area contributed by atoms with E-state index < -0.39 is 27.9 Å². The van der Waals surface area contributed by atoms with Crippen LogP contribution in [0.2, 0.25) is 0 Å². The van der Waals surface area contributed by atoms with Crippen LogP contribution >= 0.6 is 27.2 Å². The summed E-state index contributed by atoms with van der Waals surface area (Å²) in [5.74, 6) is 0.864. The van der Waals surface area contributed by atoms with Gasteiger partial charge in [0.15, 0.2) is 12.2 Å². The first-order chi connectivity index (χ1) is 12.8. The Hall–Kier alpha value is -1.01. The minimum atomic E-state index is -6.15. The van der Waals surface area contributed by atoms with Crippen LogP contribution in [0.4, 0.5) is 14.6 Å². The van der Waals surface area contributed by atoms with Crippen LogP contribution in [0.1, 0.15) is 22.0 Å². The SMILES string of the molecule is Cc1ncc(C[n+]2csc(CCO[P+]([O-])(O)C(F)(F)[P+]([O-])(O)O)c2C)c(N)n1. The fourth-order valence-electron chi connectivity index (χ4n) is 2.17. The van der Waals surface area contributed by atoms with Crippen LogP contribution < -0.4 is 20.1 Å². The third-order valence-electron chi connectivity index (χ3n) is 3.80. The first kappa shape index (κ1) is 23.3. The van der Waals surface area contributed by atoms with Gasteiger partial charge in [-0.25, -0.2) is 24.6 Å². The predicted octanol–water partition coefficient (Wildman–Crippen LogP) is -0.595. The smallest absolute Gasteiger partial charge is 0.556 e. The summed E-state index contributed by atoms with van der Waals surface area (Å²) in [4.78, 5) is 57.4. The summed E-state index contributed by atoms with van der Waals surface area (Å²) in [6.07, 6.45) is 1.59. The molecule has 0 spiro atoms. The van der Waals surface area contributed by atoms with E-state index in [4.69, 9.17) is 15.5 Å². The average molecular weight is 459 g/mol. The second kappa shape index (κ2) is 8.39. The lowest BCUT2D eigenvalue weighted by molar-refractivity contribution is -0.689. The molecule has 0 aliphatic rings. The first-order valence-electron chi connectivity index (χ1n) is 7.71. The van der Waals surface area contributed by atoms with Gasteiger partial charge in [0, 0.05) is 19.5 Å². The molecule has 2 aromatic heterocycles. The van der Waals surface area contributed by atoms with Gasteiger partial charge in [-0.15, -0.1) is 8.78 Å². The van der Waals surface area contributed by atoms with Crippen LogP contribution in [-0.4, -0.2) is 36.7 Å². The summed E-state index contributed by atoms with van der Waals surface area (Å²) in [5.41, 5.74) is 9.02. The van der Waals surface area contributed by atoms with Gasteiger partial charge in [-0.1, -0.05) is 11.3 Å². The number of aryl methyl sites for hydroxylation is 1. The standard InChI is InChI=1S/C13H18F2N4O6P2S/c1-8-11(3-4-25-27(23,24)13(14,15)26(20,21)22)28-7-19(8)6-10-5-17-9(2)18-12(10)16/h5,7H,3-4,6H2,1-2H3,(H4-,16,17,18,20,21,22,23,24)/p+1. The van der Waals surface area contributed by atoms with Crippen LogP contribution in [0.15, 0.2) is 11.7 Å². The van der Waals surface area contributed by atoms with E-state index in [1.54, 1.807) is 25.6 Å². The maximum absolute atomic E-state index is 13.4. The number of alkyl halides is 2. The number of nitrogens with zero attached hydrogens (tertiary/aromatic N) is 3. The minimum absolute atomic E-state index is 0.00876. The fraction of sp³-hybridized carbons (Fsp3) is 0.462. The second-order valence-corrected chi connectivity index (χ2v) is 10.6. The molecule has 0 saturated heterocycles. The normalized spacial score (nSPS) is 14.9. The first-order valence-corrected chi connectivity index (χ1v) is 11.8. The number of hydrogen-bond acceptors (Lipinski definition) is 10. The monoisotopic (exact) mass is 459 g/mol. The van der Waals surface area contributed by atoms with Crippen molar-refractivity contribution >= 4 is 33.0 Å². The summed E-state index contributed by atoms with van der Waals surface area (Å²) in [7, 11) is -12.0. The molecule has 0 radical (unpaired) electrons. The van der Waals surface area contributed by atoms with E-state index in [1.807, 2.05) is 4.57 Å². The zero-order valence-electron chi connectivity index (χ0n) is 14.8. The van der Waals surface area contributed by atoms with Crippen molar-refractivity contribution in [2.24, 2.45) is 0 Å². The topological polar surface area (TPSA) is 172 Å².